The van der Waals surface area contributed by atoms with Crippen molar-refractivity contribution in [2.75, 3.05) is 19.0 Å². The van der Waals surface area contributed by atoms with E-state index in [2.05, 4.69) is 20.9 Å². The van der Waals surface area contributed by atoms with Crippen LogP contribution < -0.4 is 15.4 Å². The second-order valence-corrected chi connectivity index (χ2v) is 6.94. The number of ether oxygens (including phenoxy) is 2. The second-order valence-electron chi connectivity index (χ2n) is 6.94. The first-order valence-electron chi connectivity index (χ1n) is 9.03. The number of anilines is 1. The van der Waals surface area contributed by atoms with Crippen LogP contribution in [-0.4, -0.2) is 58.1 Å². The zero-order chi connectivity index (χ0) is 18.8. The number of aliphatic hydroxyl groups is 1. The molecule has 1 aliphatic heterocycles. The Morgan fingerprint density at radius 2 is 2.30 bits per heavy atom. The van der Waals surface area contributed by atoms with Crippen LogP contribution in [0.5, 0.6) is 5.75 Å². The van der Waals surface area contributed by atoms with Crippen molar-refractivity contribution in [3.8, 4) is 5.75 Å². The van der Waals surface area contributed by atoms with Gasteiger partial charge in [0.2, 0.25) is 0 Å². The quantitative estimate of drug-likeness (QED) is 0.700. The Morgan fingerprint density at radius 3 is 3.07 bits per heavy atom. The maximum atomic E-state index is 12.3. The summed E-state index contributed by atoms with van der Waals surface area (Å²) in [7, 11) is 1.56. The molecule has 3 N–H and O–H groups in total. The minimum atomic E-state index is -0.780. The first-order valence-corrected chi connectivity index (χ1v) is 9.03. The van der Waals surface area contributed by atoms with E-state index in [1.165, 1.54) is 0 Å². The van der Waals surface area contributed by atoms with Gasteiger partial charge >= 0.3 is 6.03 Å². The monoisotopic (exact) mass is 373 g/mol. The molecule has 9 heteroatoms. The molecule has 3 atom stereocenters. The molecule has 1 aliphatic carbocycles. The zero-order valence-electron chi connectivity index (χ0n) is 15.0. The van der Waals surface area contributed by atoms with E-state index >= 15 is 0 Å². The predicted octanol–water partition coefficient (Wildman–Crippen LogP) is 1.11. The van der Waals surface area contributed by atoms with Crippen molar-refractivity contribution in [2.45, 2.75) is 43.6 Å². The number of urea groups is 1. The highest BCUT2D eigenvalue weighted by molar-refractivity contribution is 5.89. The third-order valence-corrected chi connectivity index (χ3v) is 4.84. The third-order valence-electron chi connectivity index (χ3n) is 4.84. The molecule has 2 amide bonds. The van der Waals surface area contributed by atoms with E-state index < -0.39 is 18.2 Å². The molecule has 1 aromatic heterocycles. The fraction of sp³-hybridized carbons (Fsp3) is 0.500. The van der Waals surface area contributed by atoms with E-state index in [1.54, 1.807) is 36.1 Å². The fourth-order valence-electron chi connectivity index (χ4n) is 3.21. The number of hydrogen-bond acceptors (Lipinski definition) is 6. The molecule has 144 valence electrons. The topological polar surface area (TPSA) is 111 Å². The van der Waals surface area contributed by atoms with Crippen molar-refractivity contribution >= 4 is 11.7 Å². The minimum absolute atomic E-state index is 0.166. The molecule has 4 rings (SSSR count). The SMILES string of the molecule is COc1cccc(NC(=O)N[C@@H]2[C@@H](O)CO[C@@H]2Cn2cc(C3CC3)nn2)c1. The van der Waals surface area contributed by atoms with Crippen LogP contribution in [0.1, 0.15) is 24.5 Å². The Labute approximate surface area is 156 Å². The van der Waals surface area contributed by atoms with E-state index in [0.29, 0.717) is 23.9 Å². The van der Waals surface area contributed by atoms with Crippen molar-refractivity contribution in [3.63, 3.8) is 0 Å². The molecule has 2 heterocycles. The van der Waals surface area contributed by atoms with Gasteiger partial charge in [0, 0.05) is 23.9 Å². The molecule has 0 bridgehead atoms. The summed E-state index contributed by atoms with van der Waals surface area (Å²) in [6.07, 6.45) is 3.07. The van der Waals surface area contributed by atoms with Crippen LogP contribution in [-0.2, 0) is 11.3 Å². The van der Waals surface area contributed by atoms with Gasteiger partial charge in [-0.25, -0.2) is 9.48 Å². The molecule has 1 aromatic carbocycles. The summed E-state index contributed by atoms with van der Waals surface area (Å²) in [6.45, 7) is 0.583. The number of carbonyl (C=O) groups excluding carboxylic acids is 1. The number of nitrogens with one attached hydrogen (secondary N) is 2. The molecule has 27 heavy (non-hydrogen) atoms. The van der Waals surface area contributed by atoms with Gasteiger partial charge in [0.15, 0.2) is 0 Å². The molecule has 0 radical (unpaired) electrons. The Morgan fingerprint density at radius 1 is 1.44 bits per heavy atom. The maximum Gasteiger partial charge on any atom is 0.319 e. The summed E-state index contributed by atoms with van der Waals surface area (Å²) in [5.41, 5.74) is 1.59. The smallest absolute Gasteiger partial charge is 0.319 e. The van der Waals surface area contributed by atoms with Gasteiger partial charge in [-0.2, -0.15) is 0 Å². The highest BCUT2D eigenvalue weighted by atomic mass is 16.5. The number of methoxy groups -OCH3 is 1. The van der Waals surface area contributed by atoms with E-state index in [1.807, 2.05) is 6.20 Å². The van der Waals surface area contributed by atoms with Crippen molar-refractivity contribution in [2.24, 2.45) is 0 Å². The van der Waals surface area contributed by atoms with Gasteiger partial charge in [-0.05, 0) is 25.0 Å². The van der Waals surface area contributed by atoms with Gasteiger partial charge in [-0.3, -0.25) is 0 Å². The molecule has 2 fully saturated rings. The average molecular weight is 373 g/mol. The summed E-state index contributed by atoms with van der Waals surface area (Å²) < 4.78 is 12.5. The maximum absolute atomic E-state index is 12.3. The van der Waals surface area contributed by atoms with E-state index in [0.717, 1.165) is 18.5 Å². The lowest BCUT2D eigenvalue weighted by atomic mass is 10.1. The summed E-state index contributed by atoms with van der Waals surface area (Å²) in [4.78, 5) is 12.3. The molecular formula is C18H23N5O4. The van der Waals surface area contributed by atoms with Crippen LogP contribution in [0.3, 0.4) is 0 Å². The van der Waals surface area contributed by atoms with E-state index in [4.69, 9.17) is 9.47 Å². The molecule has 1 saturated carbocycles. The molecule has 0 spiro atoms. The highest BCUT2D eigenvalue weighted by Gasteiger charge is 2.38. The van der Waals surface area contributed by atoms with Crippen LogP contribution in [0.2, 0.25) is 0 Å². The van der Waals surface area contributed by atoms with Gasteiger partial charge in [0.1, 0.15) is 18.0 Å². The fourth-order valence-corrected chi connectivity index (χ4v) is 3.21. The molecule has 0 unspecified atom stereocenters. The summed E-state index contributed by atoms with van der Waals surface area (Å²) in [5.74, 6) is 1.17. The second kappa shape index (κ2) is 7.53. The molecule has 1 saturated heterocycles. The van der Waals surface area contributed by atoms with Gasteiger partial charge in [-0.15, -0.1) is 5.10 Å². The van der Waals surface area contributed by atoms with Crippen molar-refractivity contribution in [1.82, 2.24) is 20.3 Å². The Hall–Kier alpha value is -2.65. The van der Waals surface area contributed by atoms with Crippen molar-refractivity contribution < 1.29 is 19.4 Å². The Balaban J connectivity index is 1.36. The lowest BCUT2D eigenvalue weighted by Gasteiger charge is -2.22. The van der Waals surface area contributed by atoms with E-state index in [9.17, 15) is 9.90 Å². The summed E-state index contributed by atoms with van der Waals surface area (Å²) in [6, 6.07) is 6.10. The average Bonchev–Trinajstić information content (AvgIpc) is 3.33. The number of amides is 2. The molecular weight excluding hydrogens is 350 g/mol. The first kappa shape index (κ1) is 17.7. The van der Waals surface area contributed by atoms with Gasteiger partial charge in [0.25, 0.3) is 0 Å². The van der Waals surface area contributed by atoms with Crippen LogP contribution >= 0.6 is 0 Å². The molecule has 2 aliphatic rings. The van der Waals surface area contributed by atoms with Crippen LogP contribution in [0, 0.1) is 0 Å². The Kier molecular flexibility index (Phi) is 4.95. The lowest BCUT2D eigenvalue weighted by molar-refractivity contribution is 0.0748. The zero-order valence-corrected chi connectivity index (χ0v) is 15.0. The molecule has 2 aromatic rings. The number of nitrogens with zero attached hydrogens (tertiary/aromatic N) is 3. The van der Waals surface area contributed by atoms with Crippen LogP contribution in [0.4, 0.5) is 10.5 Å². The molecule has 9 nitrogen and oxygen atoms in total. The standard InChI is InChI=1S/C18H23N5O4/c1-26-13-4-2-3-12(7-13)19-18(25)20-17-15(24)10-27-16(17)9-23-8-14(21-22-23)11-5-6-11/h2-4,7-8,11,15-17,24H,5-6,9-10H2,1H3,(H2,19,20,25)/t15-,16+,17+/m0/s1. The normalized spacial score (nSPS) is 24.6. The highest BCUT2D eigenvalue weighted by Crippen LogP contribution is 2.38. The van der Waals surface area contributed by atoms with Gasteiger partial charge in [0.05, 0.1) is 32.0 Å². The minimum Gasteiger partial charge on any atom is -0.497 e. The van der Waals surface area contributed by atoms with Crippen molar-refractivity contribution in [1.29, 1.82) is 0 Å². The summed E-state index contributed by atoms with van der Waals surface area (Å²) in [5, 5.41) is 24.1. The largest absolute Gasteiger partial charge is 0.497 e. The Bertz CT molecular complexity index is 807. The van der Waals surface area contributed by atoms with E-state index in [-0.39, 0.29) is 12.7 Å². The lowest BCUT2D eigenvalue weighted by Crippen LogP contribution is -2.49. The number of benzene rings is 1. The summed E-state index contributed by atoms with van der Waals surface area (Å²) >= 11 is 0. The number of aliphatic hydroxyl groups excluding tert-OH is 1. The first-order chi connectivity index (χ1) is 13.1. The van der Waals surface area contributed by atoms with Gasteiger partial charge < -0.3 is 25.2 Å². The van der Waals surface area contributed by atoms with Crippen LogP contribution in [0.15, 0.2) is 30.5 Å². The predicted molar refractivity (Wildman–Crippen MR) is 96.7 cm³/mol. The van der Waals surface area contributed by atoms with Crippen molar-refractivity contribution in [3.05, 3.63) is 36.2 Å². The number of aromatic nitrogens is 3. The third kappa shape index (κ3) is 4.20. The van der Waals surface area contributed by atoms with Crippen LogP contribution in [0.25, 0.3) is 0 Å². The number of carbonyl (C=O) groups is 1. The number of rotatable bonds is 6. The number of hydrogen-bond donors (Lipinski definition) is 3. The van der Waals surface area contributed by atoms with Gasteiger partial charge in [-0.1, -0.05) is 11.3 Å².